The maximum atomic E-state index is 12.7. The van der Waals surface area contributed by atoms with Gasteiger partial charge in [-0.1, -0.05) is 29.8 Å². The zero-order chi connectivity index (χ0) is 19.4. The summed E-state index contributed by atoms with van der Waals surface area (Å²) in [6.07, 6.45) is 0. The smallest absolute Gasteiger partial charge is 0.343 e. The number of aliphatic imine (C=N–C) groups is 1. The Morgan fingerprint density at radius 3 is 2.63 bits per heavy atom. The van der Waals surface area contributed by atoms with E-state index in [9.17, 15) is 9.59 Å². The fraction of sp³-hybridized carbons (Fsp3) is 0.190. The van der Waals surface area contributed by atoms with Crippen LogP contribution in [0.4, 0.5) is 11.4 Å². The number of esters is 1. The van der Waals surface area contributed by atoms with E-state index in [4.69, 9.17) is 4.74 Å². The van der Waals surface area contributed by atoms with Crippen LogP contribution < -0.4 is 10.6 Å². The van der Waals surface area contributed by atoms with Crippen molar-refractivity contribution in [3.05, 3.63) is 70.9 Å². The number of fused-ring (bicyclic) bond motifs is 1. The molecular formula is C21H21N3O3. The molecular weight excluding hydrogens is 342 g/mol. The first-order chi connectivity index (χ1) is 13.0. The number of aryl methyl sites for hydroxylation is 1. The fourth-order valence-electron chi connectivity index (χ4n) is 2.80. The van der Waals surface area contributed by atoms with Gasteiger partial charge in [-0.05, 0) is 45.0 Å². The van der Waals surface area contributed by atoms with Crippen molar-refractivity contribution in [1.29, 1.82) is 0 Å². The van der Waals surface area contributed by atoms with Crippen LogP contribution in [0.15, 0.2) is 64.8 Å². The molecule has 138 valence electrons. The first kappa shape index (κ1) is 18.4. The molecule has 1 aliphatic rings. The molecule has 6 heteroatoms. The largest absolute Gasteiger partial charge is 0.462 e. The second-order valence-corrected chi connectivity index (χ2v) is 6.15. The number of nitrogens with zero attached hydrogens (tertiary/aromatic N) is 1. The van der Waals surface area contributed by atoms with Gasteiger partial charge in [-0.25, -0.2) is 9.79 Å². The molecule has 0 spiro atoms. The predicted molar refractivity (Wildman–Crippen MR) is 105 cm³/mol. The standard InChI is InChI=1S/C21H21N3O3/c1-4-27-21(26)18-14(3)22-16-10-5-6-11-17(16)23-19(18)24-20(25)15-9-7-8-13(2)12-15/h5-12,22H,4H2,1-3H3,(H,23,24,25). The van der Waals surface area contributed by atoms with Gasteiger partial charge in [-0.3, -0.25) is 4.79 Å². The average Bonchev–Trinajstić information content (AvgIpc) is 2.77. The van der Waals surface area contributed by atoms with Crippen molar-refractivity contribution in [2.75, 3.05) is 11.9 Å². The van der Waals surface area contributed by atoms with Crippen molar-refractivity contribution >= 4 is 29.1 Å². The Labute approximate surface area is 158 Å². The topological polar surface area (TPSA) is 79.8 Å². The van der Waals surface area contributed by atoms with Crippen LogP contribution in [0.2, 0.25) is 0 Å². The lowest BCUT2D eigenvalue weighted by Crippen LogP contribution is -2.35. The quantitative estimate of drug-likeness (QED) is 0.815. The summed E-state index contributed by atoms with van der Waals surface area (Å²) in [7, 11) is 0. The van der Waals surface area contributed by atoms with Gasteiger partial charge in [0.05, 0.1) is 18.0 Å². The third-order valence-electron chi connectivity index (χ3n) is 4.06. The number of nitrogens with one attached hydrogen (secondary N) is 2. The molecule has 1 heterocycles. The van der Waals surface area contributed by atoms with Gasteiger partial charge in [0.2, 0.25) is 0 Å². The third kappa shape index (κ3) is 4.06. The average molecular weight is 363 g/mol. The molecule has 1 amide bonds. The fourth-order valence-corrected chi connectivity index (χ4v) is 2.80. The van der Waals surface area contributed by atoms with E-state index in [0.717, 1.165) is 11.3 Å². The minimum atomic E-state index is -0.543. The highest BCUT2D eigenvalue weighted by Crippen LogP contribution is 2.30. The lowest BCUT2D eigenvalue weighted by atomic mass is 10.1. The molecule has 2 aromatic rings. The van der Waals surface area contributed by atoms with Crippen LogP contribution in [0.5, 0.6) is 0 Å². The van der Waals surface area contributed by atoms with Crippen LogP contribution in [0, 0.1) is 6.92 Å². The van der Waals surface area contributed by atoms with Gasteiger partial charge < -0.3 is 15.4 Å². The molecule has 0 saturated heterocycles. The Kier molecular flexibility index (Phi) is 5.35. The Hall–Kier alpha value is -3.41. The molecule has 0 aromatic heterocycles. The first-order valence-corrected chi connectivity index (χ1v) is 8.70. The number of allylic oxidation sites excluding steroid dienone is 1. The van der Waals surface area contributed by atoms with E-state index in [0.29, 0.717) is 16.9 Å². The summed E-state index contributed by atoms with van der Waals surface area (Å²) in [5.41, 5.74) is 3.59. The monoisotopic (exact) mass is 363 g/mol. The Morgan fingerprint density at radius 1 is 1.11 bits per heavy atom. The van der Waals surface area contributed by atoms with Crippen LogP contribution in [-0.4, -0.2) is 24.3 Å². The number of amides is 1. The number of anilines is 1. The van der Waals surface area contributed by atoms with Crippen LogP contribution in [-0.2, 0) is 9.53 Å². The molecule has 0 bridgehead atoms. The lowest BCUT2D eigenvalue weighted by Gasteiger charge is -2.13. The number of carbonyl (C=O) groups is 2. The normalized spacial score (nSPS) is 13.1. The zero-order valence-electron chi connectivity index (χ0n) is 15.5. The molecule has 0 fully saturated rings. The predicted octanol–water partition coefficient (Wildman–Crippen LogP) is 3.72. The number of benzene rings is 2. The van der Waals surface area contributed by atoms with Gasteiger partial charge in [0.1, 0.15) is 11.4 Å². The molecule has 1 aliphatic heterocycles. The minimum absolute atomic E-state index is 0.162. The SMILES string of the molecule is CCOC(=O)C1=C(C)Nc2ccccc2N=C1NC(=O)c1cccc(C)c1. The zero-order valence-corrected chi connectivity index (χ0v) is 15.5. The van der Waals surface area contributed by atoms with Gasteiger partial charge in [0.25, 0.3) is 5.91 Å². The number of para-hydroxylation sites is 2. The summed E-state index contributed by atoms with van der Waals surface area (Å²) < 4.78 is 5.17. The Bertz CT molecular complexity index is 961. The van der Waals surface area contributed by atoms with Crippen molar-refractivity contribution in [2.24, 2.45) is 4.99 Å². The lowest BCUT2D eigenvalue weighted by molar-refractivity contribution is -0.137. The Morgan fingerprint density at radius 2 is 1.89 bits per heavy atom. The minimum Gasteiger partial charge on any atom is -0.462 e. The molecule has 0 saturated carbocycles. The second kappa shape index (κ2) is 7.86. The van der Waals surface area contributed by atoms with E-state index < -0.39 is 5.97 Å². The van der Waals surface area contributed by atoms with E-state index in [1.807, 2.05) is 43.3 Å². The number of amidine groups is 1. The van der Waals surface area contributed by atoms with Crippen molar-refractivity contribution in [3.63, 3.8) is 0 Å². The Balaban J connectivity index is 2.04. The summed E-state index contributed by atoms with van der Waals surface area (Å²) in [5.74, 6) is -0.722. The highest BCUT2D eigenvalue weighted by atomic mass is 16.5. The number of rotatable bonds is 3. The van der Waals surface area contributed by atoms with Gasteiger partial charge in [0, 0.05) is 11.3 Å². The van der Waals surface area contributed by atoms with Crippen LogP contribution >= 0.6 is 0 Å². The molecule has 27 heavy (non-hydrogen) atoms. The first-order valence-electron chi connectivity index (χ1n) is 8.70. The van der Waals surface area contributed by atoms with Crippen molar-refractivity contribution < 1.29 is 14.3 Å². The summed E-state index contributed by atoms with van der Waals surface area (Å²) in [6, 6.07) is 14.6. The van der Waals surface area contributed by atoms with Crippen molar-refractivity contribution in [1.82, 2.24) is 5.32 Å². The van der Waals surface area contributed by atoms with Crippen LogP contribution in [0.25, 0.3) is 0 Å². The summed E-state index contributed by atoms with van der Waals surface area (Å²) in [6.45, 7) is 5.62. The number of hydrogen-bond acceptors (Lipinski definition) is 5. The van der Waals surface area contributed by atoms with Crippen molar-refractivity contribution in [3.8, 4) is 0 Å². The molecule has 0 unspecified atom stereocenters. The van der Waals surface area contributed by atoms with Gasteiger partial charge in [0.15, 0.2) is 0 Å². The van der Waals surface area contributed by atoms with E-state index in [-0.39, 0.29) is 23.9 Å². The second-order valence-electron chi connectivity index (χ2n) is 6.15. The number of carbonyl (C=O) groups excluding carboxylic acids is 2. The maximum absolute atomic E-state index is 12.7. The van der Waals surface area contributed by atoms with Crippen LogP contribution in [0.1, 0.15) is 29.8 Å². The van der Waals surface area contributed by atoms with Gasteiger partial charge in [-0.2, -0.15) is 0 Å². The molecule has 0 radical (unpaired) electrons. The molecule has 3 rings (SSSR count). The molecule has 0 atom stereocenters. The van der Waals surface area contributed by atoms with E-state index >= 15 is 0 Å². The van der Waals surface area contributed by atoms with Crippen molar-refractivity contribution in [2.45, 2.75) is 20.8 Å². The molecule has 0 aliphatic carbocycles. The van der Waals surface area contributed by atoms with Gasteiger partial charge in [-0.15, -0.1) is 0 Å². The third-order valence-corrected chi connectivity index (χ3v) is 4.06. The summed E-state index contributed by atoms with van der Waals surface area (Å²) in [5, 5.41) is 5.95. The van der Waals surface area contributed by atoms with E-state index in [1.54, 1.807) is 26.0 Å². The number of hydrogen-bond donors (Lipinski definition) is 2. The maximum Gasteiger partial charge on any atom is 0.343 e. The highest BCUT2D eigenvalue weighted by Gasteiger charge is 2.26. The molecule has 6 nitrogen and oxygen atoms in total. The van der Waals surface area contributed by atoms with Crippen LogP contribution in [0.3, 0.4) is 0 Å². The summed E-state index contributed by atoms with van der Waals surface area (Å²) in [4.78, 5) is 29.8. The van der Waals surface area contributed by atoms with Gasteiger partial charge >= 0.3 is 5.97 Å². The van der Waals surface area contributed by atoms with E-state index in [2.05, 4.69) is 15.6 Å². The summed E-state index contributed by atoms with van der Waals surface area (Å²) >= 11 is 0. The highest BCUT2D eigenvalue weighted by molar-refractivity contribution is 6.25. The molecule has 2 N–H and O–H groups in total. The van der Waals surface area contributed by atoms with E-state index in [1.165, 1.54) is 0 Å². The number of ether oxygens (including phenoxy) is 1. The molecule has 2 aromatic carbocycles.